The van der Waals surface area contributed by atoms with Gasteiger partial charge >= 0.3 is 0 Å². The number of rotatable bonds is 4. The van der Waals surface area contributed by atoms with Crippen molar-refractivity contribution in [3.63, 3.8) is 0 Å². The van der Waals surface area contributed by atoms with Gasteiger partial charge in [-0.15, -0.1) is 11.3 Å². The van der Waals surface area contributed by atoms with Crippen LogP contribution in [-0.2, 0) is 6.54 Å². The molecule has 1 atom stereocenters. The molecular weight excluding hydrogens is 346 g/mol. The average molecular weight is 367 g/mol. The monoisotopic (exact) mass is 367 g/mol. The Kier molecular flexibility index (Phi) is 4.90. The second kappa shape index (κ2) is 7.47. The molecule has 6 nitrogen and oxygen atoms in total. The van der Waals surface area contributed by atoms with Gasteiger partial charge in [-0.2, -0.15) is 0 Å². The van der Waals surface area contributed by atoms with Crippen molar-refractivity contribution in [3.05, 3.63) is 47.2 Å². The maximum Gasteiger partial charge on any atom is 0.277 e. The van der Waals surface area contributed by atoms with Gasteiger partial charge in [-0.1, -0.05) is 19.1 Å². The molecule has 1 unspecified atom stereocenters. The molecule has 1 N–H and O–H groups in total. The molecule has 1 aliphatic heterocycles. The Morgan fingerprint density at radius 3 is 3.00 bits per heavy atom. The van der Waals surface area contributed by atoms with Gasteiger partial charge in [0.15, 0.2) is 5.13 Å². The zero-order valence-electron chi connectivity index (χ0n) is 14.7. The molecule has 0 aliphatic carbocycles. The van der Waals surface area contributed by atoms with E-state index in [1.165, 1.54) is 30.4 Å². The molecular formula is C19H21N5OS. The molecule has 3 aromatic rings. The summed E-state index contributed by atoms with van der Waals surface area (Å²) in [5, 5.41) is 5.45. The Morgan fingerprint density at radius 2 is 2.15 bits per heavy atom. The number of hydrogen-bond donors (Lipinski definition) is 1. The Balaban J connectivity index is 1.42. The van der Waals surface area contributed by atoms with Crippen LogP contribution in [0.1, 0.15) is 35.9 Å². The van der Waals surface area contributed by atoms with Gasteiger partial charge in [0.25, 0.3) is 5.91 Å². The van der Waals surface area contributed by atoms with Crippen LogP contribution in [0, 0.1) is 5.92 Å². The molecule has 0 radical (unpaired) electrons. The third-order valence-electron chi connectivity index (χ3n) is 4.58. The molecule has 2 aromatic heterocycles. The number of fused-ring (bicyclic) bond motifs is 1. The third-order valence-corrected chi connectivity index (χ3v) is 5.39. The molecule has 0 spiro atoms. The number of hydrogen-bond acceptors (Lipinski definition) is 6. The number of likely N-dealkylation sites (tertiary alicyclic amines) is 1. The lowest BCUT2D eigenvalue weighted by molar-refractivity contribution is 0.102. The van der Waals surface area contributed by atoms with E-state index in [9.17, 15) is 4.79 Å². The van der Waals surface area contributed by atoms with Crippen LogP contribution >= 0.6 is 11.3 Å². The number of thiazole rings is 1. The smallest absolute Gasteiger partial charge is 0.277 e. The second-order valence-electron chi connectivity index (χ2n) is 6.82. The van der Waals surface area contributed by atoms with Crippen LogP contribution in [0.4, 0.5) is 5.13 Å². The molecule has 0 saturated carbocycles. The lowest BCUT2D eigenvalue weighted by Crippen LogP contribution is -2.33. The zero-order chi connectivity index (χ0) is 17.9. The summed E-state index contributed by atoms with van der Waals surface area (Å²) in [6.45, 7) is 5.37. The molecule has 4 rings (SSSR count). The first-order valence-corrected chi connectivity index (χ1v) is 9.75. The van der Waals surface area contributed by atoms with E-state index in [1.54, 1.807) is 0 Å². The Labute approximate surface area is 156 Å². The van der Waals surface area contributed by atoms with Crippen molar-refractivity contribution < 1.29 is 4.79 Å². The molecule has 1 aromatic carbocycles. The average Bonchev–Trinajstić information content (AvgIpc) is 3.08. The van der Waals surface area contributed by atoms with Crippen LogP contribution in [0.15, 0.2) is 35.8 Å². The molecule has 1 aliphatic rings. The lowest BCUT2D eigenvalue weighted by atomic mass is 10.0. The van der Waals surface area contributed by atoms with Gasteiger partial charge in [0.05, 0.1) is 22.9 Å². The first-order chi connectivity index (χ1) is 12.7. The predicted octanol–water partition coefficient (Wildman–Crippen LogP) is 3.57. The van der Waals surface area contributed by atoms with Crippen molar-refractivity contribution in [2.75, 3.05) is 18.4 Å². The summed E-state index contributed by atoms with van der Waals surface area (Å²) in [5.74, 6) is 0.462. The number of anilines is 1. The lowest BCUT2D eigenvalue weighted by Gasteiger charge is -2.30. The zero-order valence-corrected chi connectivity index (χ0v) is 15.5. The summed E-state index contributed by atoms with van der Waals surface area (Å²) < 4.78 is 0. The molecule has 3 heterocycles. The predicted molar refractivity (Wildman–Crippen MR) is 103 cm³/mol. The molecule has 0 bridgehead atoms. The summed E-state index contributed by atoms with van der Waals surface area (Å²) in [5.41, 5.74) is 2.78. The summed E-state index contributed by atoms with van der Waals surface area (Å²) in [6.07, 6.45) is 4.05. The third kappa shape index (κ3) is 3.89. The van der Waals surface area contributed by atoms with Crippen LogP contribution in [0.2, 0.25) is 0 Å². The normalized spacial score (nSPS) is 18.1. The van der Waals surface area contributed by atoms with Crippen LogP contribution in [0.25, 0.3) is 11.0 Å². The van der Waals surface area contributed by atoms with Gasteiger partial charge < -0.3 is 0 Å². The largest absolute Gasteiger partial charge is 0.297 e. The number of carbonyl (C=O) groups is 1. The number of aromatic nitrogens is 3. The van der Waals surface area contributed by atoms with Crippen molar-refractivity contribution in [1.82, 2.24) is 19.9 Å². The van der Waals surface area contributed by atoms with Crippen LogP contribution < -0.4 is 5.32 Å². The fourth-order valence-electron chi connectivity index (χ4n) is 3.32. The van der Waals surface area contributed by atoms with Crippen molar-refractivity contribution >= 4 is 33.4 Å². The van der Waals surface area contributed by atoms with E-state index >= 15 is 0 Å². The number of amides is 1. The van der Waals surface area contributed by atoms with Gasteiger partial charge in [0.2, 0.25) is 0 Å². The summed E-state index contributed by atoms with van der Waals surface area (Å²) in [4.78, 5) is 28.1. The van der Waals surface area contributed by atoms with Crippen molar-refractivity contribution in [2.24, 2.45) is 5.92 Å². The first kappa shape index (κ1) is 17.1. The maximum absolute atomic E-state index is 12.4. The van der Waals surface area contributed by atoms with E-state index in [0.717, 1.165) is 36.8 Å². The number of benzene rings is 1. The van der Waals surface area contributed by atoms with Crippen molar-refractivity contribution in [2.45, 2.75) is 26.3 Å². The molecule has 7 heteroatoms. The van der Waals surface area contributed by atoms with Crippen LogP contribution in [-0.4, -0.2) is 38.8 Å². The highest BCUT2D eigenvalue weighted by Gasteiger charge is 2.18. The second-order valence-corrected chi connectivity index (χ2v) is 7.68. The van der Waals surface area contributed by atoms with Gasteiger partial charge in [0.1, 0.15) is 5.69 Å². The van der Waals surface area contributed by atoms with E-state index < -0.39 is 0 Å². The maximum atomic E-state index is 12.4. The van der Waals surface area contributed by atoms with Gasteiger partial charge in [-0.25, -0.2) is 9.97 Å². The molecule has 1 fully saturated rings. The molecule has 1 amide bonds. The number of carbonyl (C=O) groups excluding carboxylic acids is 1. The van der Waals surface area contributed by atoms with E-state index in [2.05, 4.69) is 32.1 Å². The van der Waals surface area contributed by atoms with E-state index in [1.807, 2.05) is 29.6 Å². The Bertz CT molecular complexity index is 925. The quantitative estimate of drug-likeness (QED) is 0.763. The Morgan fingerprint density at radius 1 is 1.31 bits per heavy atom. The summed E-state index contributed by atoms with van der Waals surface area (Å²) >= 11 is 1.45. The van der Waals surface area contributed by atoms with E-state index in [-0.39, 0.29) is 5.91 Å². The standard InChI is InChI=1S/C19H21N5OS/c1-13-5-4-8-24(10-13)11-14-12-26-19(21-14)23-18(25)17-9-20-15-6-2-3-7-16(15)22-17/h2-3,6-7,9,12-13H,4-5,8,10-11H2,1H3,(H,21,23,25). The topological polar surface area (TPSA) is 71.0 Å². The Hall–Kier alpha value is -2.38. The van der Waals surface area contributed by atoms with Crippen LogP contribution in [0.5, 0.6) is 0 Å². The number of nitrogens with one attached hydrogen (secondary N) is 1. The molecule has 1 saturated heterocycles. The SMILES string of the molecule is CC1CCCN(Cc2csc(NC(=O)c3cnc4ccccc4n3)n2)C1. The van der Waals surface area contributed by atoms with E-state index in [4.69, 9.17) is 0 Å². The highest BCUT2D eigenvalue weighted by molar-refractivity contribution is 7.13. The molecule has 134 valence electrons. The minimum Gasteiger partial charge on any atom is -0.297 e. The molecule has 26 heavy (non-hydrogen) atoms. The minimum atomic E-state index is -0.282. The highest BCUT2D eigenvalue weighted by Crippen LogP contribution is 2.21. The first-order valence-electron chi connectivity index (χ1n) is 8.87. The fraction of sp³-hybridized carbons (Fsp3) is 0.368. The van der Waals surface area contributed by atoms with Gasteiger partial charge in [0, 0.05) is 18.5 Å². The number of para-hydroxylation sites is 2. The van der Waals surface area contributed by atoms with Crippen molar-refractivity contribution in [3.8, 4) is 0 Å². The number of piperidine rings is 1. The highest BCUT2D eigenvalue weighted by atomic mass is 32.1. The van der Waals surface area contributed by atoms with Gasteiger partial charge in [-0.3, -0.25) is 20.0 Å². The summed E-state index contributed by atoms with van der Waals surface area (Å²) in [7, 11) is 0. The van der Waals surface area contributed by atoms with Crippen LogP contribution in [0.3, 0.4) is 0 Å². The summed E-state index contributed by atoms with van der Waals surface area (Å²) in [6, 6.07) is 7.50. The van der Waals surface area contributed by atoms with E-state index in [0.29, 0.717) is 16.3 Å². The van der Waals surface area contributed by atoms with Crippen molar-refractivity contribution in [1.29, 1.82) is 0 Å². The van der Waals surface area contributed by atoms with Gasteiger partial charge in [-0.05, 0) is 37.4 Å². The minimum absolute atomic E-state index is 0.282. The number of nitrogens with zero attached hydrogens (tertiary/aromatic N) is 4. The fourth-order valence-corrected chi connectivity index (χ4v) is 4.02.